The molecule has 0 amide bonds. The molecule has 1 aliphatic carbocycles. The van der Waals surface area contributed by atoms with Crippen molar-refractivity contribution in [3.8, 4) is 0 Å². The highest BCUT2D eigenvalue weighted by Gasteiger charge is 2.28. The van der Waals surface area contributed by atoms with Gasteiger partial charge in [0.1, 0.15) is 0 Å². The molecule has 0 saturated heterocycles. The van der Waals surface area contributed by atoms with E-state index >= 15 is 0 Å². The number of halogens is 1. The number of nitrogens with two attached hydrogens (primary N) is 1. The van der Waals surface area contributed by atoms with Crippen LogP contribution in [0.3, 0.4) is 0 Å². The van der Waals surface area contributed by atoms with Gasteiger partial charge in [-0.3, -0.25) is 0 Å². The van der Waals surface area contributed by atoms with Crippen molar-refractivity contribution in [2.45, 2.75) is 44.0 Å². The average molecular weight is 298 g/mol. The minimum Gasteiger partial charge on any atom is -0.327 e. The first kappa shape index (κ1) is 15.2. The summed E-state index contributed by atoms with van der Waals surface area (Å²) in [5.41, 5.74) is 6.41. The van der Waals surface area contributed by atoms with E-state index < -0.39 is 0 Å². The van der Waals surface area contributed by atoms with Crippen LogP contribution in [0, 0.1) is 17.8 Å². The van der Waals surface area contributed by atoms with Crippen molar-refractivity contribution < 1.29 is 0 Å². The molecule has 0 aromatic heterocycles. The average Bonchev–Trinajstić information content (AvgIpc) is 2.36. The Bertz CT molecular complexity index is 399. The van der Waals surface area contributed by atoms with Crippen LogP contribution in [0.5, 0.6) is 0 Å². The van der Waals surface area contributed by atoms with Crippen LogP contribution < -0.4 is 5.73 Å². The maximum absolute atomic E-state index is 6.41. The second-order valence-electron chi connectivity index (χ2n) is 6.08. The molecule has 1 fully saturated rings. The summed E-state index contributed by atoms with van der Waals surface area (Å²) in [7, 11) is 0. The zero-order valence-electron chi connectivity index (χ0n) is 11.8. The molecule has 3 heteroatoms. The van der Waals surface area contributed by atoms with Crippen LogP contribution in [0.1, 0.15) is 33.1 Å². The van der Waals surface area contributed by atoms with Gasteiger partial charge >= 0.3 is 0 Å². The largest absolute Gasteiger partial charge is 0.327 e. The molecule has 2 N–H and O–H groups in total. The lowest BCUT2D eigenvalue weighted by atomic mass is 9.74. The van der Waals surface area contributed by atoms with Gasteiger partial charge in [-0.2, -0.15) is 0 Å². The molecule has 3 atom stereocenters. The van der Waals surface area contributed by atoms with Crippen LogP contribution in [0.25, 0.3) is 0 Å². The van der Waals surface area contributed by atoms with E-state index in [1.54, 1.807) is 11.8 Å². The minimum absolute atomic E-state index is 0.284. The van der Waals surface area contributed by atoms with Gasteiger partial charge < -0.3 is 5.73 Å². The molecule has 0 aliphatic heterocycles. The lowest BCUT2D eigenvalue weighted by Gasteiger charge is -2.34. The normalized spacial score (nSPS) is 29.2. The highest BCUT2D eigenvalue weighted by Crippen LogP contribution is 2.36. The van der Waals surface area contributed by atoms with E-state index in [0.717, 1.165) is 27.5 Å². The maximum atomic E-state index is 6.41. The van der Waals surface area contributed by atoms with Gasteiger partial charge in [0.25, 0.3) is 0 Å². The maximum Gasteiger partial charge on any atom is 0.0541 e. The summed E-state index contributed by atoms with van der Waals surface area (Å²) in [4.78, 5) is 1.15. The number of benzene rings is 1. The van der Waals surface area contributed by atoms with E-state index in [9.17, 15) is 0 Å². The fraction of sp³-hybridized carbons (Fsp3) is 0.625. The molecule has 1 aliphatic rings. The number of hydrogen-bond acceptors (Lipinski definition) is 2. The first-order valence-corrected chi connectivity index (χ1v) is 8.55. The molecule has 1 aromatic carbocycles. The van der Waals surface area contributed by atoms with Crippen LogP contribution >= 0.6 is 23.4 Å². The highest BCUT2D eigenvalue weighted by molar-refractivity contribution is 7.99. The standard InChI is InChI=1S/C16H24ClNS/c1-11-7-12(2)9-13(8-11)15(18)10-19-16-6-4-3-5-14(16)17/h3-6,11-13,15H,7-10,18H2,1-2H3. The van der Waals surface area contributed by atoms with Crippen molar-refractivity contribution in [1.82, 2.24) is 0 Å². The van der Waals surface area contributed by atoms with Gasteiger partial charge in [-0.15, -0.1) is 11.8 Å². The molecule has 106 valence electrons. The highest BCUT2D eigenvalue weighted by atomic mass is 35.5. The van der Waals surface area contributed by atoms with Crippen molar-refractivity contribution in [2.24, 2.45) is 23.5 Å². The van der Waals surface area contributed by atoms with Gasteiger partial charge in [0.05, 0.1) is 5.02 Å². The van der Waals surface area contributed by atoms with Crippen molar-refractivity contribution in [3.63, 3.8) is 0 Å². The molecule has 3 unspecified atom stereocenters. The van der Waals surface area contributed by atoms with Gasteiger partial charge in [0.15, 0.2) is 0 Å². The Kier molecular flexibility index (Phi) is 5.61. The van der Waals surface area contributed by atoms with E-state index in [1.807, 2.05) is 18.2 Å². The van der Waals surface area contributed by atoms with Crippen LogP contribution in [-0.2, 0) is 0 Å². The Morgan fingerprint density at radius 2 is 1.84 bits per heavy atom. The Balaban J connectivity index is 1.87. The first-order chi connectivity index (χ1) is 9.06. The third kappa shape index (κ3) is 4.40. The summed E-state index contributed by atoms with van der Waals surface area (Å²) in [6, 6.07) is 8.30. The van der Waals surface area contributed by atoms with Crippen molar-refractivity contribution in [2.75, 3.05) is 5.75 Å². The molecule has 0 heterocycles. The fourth-order valence-corrected chi connectivity index (χ4v) is 4.57. The molecular formula is C16H24ClNS. The zero-order chi connectivity index (χ0) is 13.8. The van der Waals surface area contributed by atoms with Gasteiger partial charge in [-0.05, 0) is 49.1 Å². The predicted molar refractivity (Wildman–Crippen MR) is 85.8 cm³/mol. The molecule has 0 spiro atoms. The zero-order valence-corrected chi connectivity index (χ0v) is 13.4. The molecule has 0 radical (unpaired) electrons. The first-order valence-electron chi connectivity index (χ1n) is 7.19. The number of hydrogen-bond donors (Lipinski definition) is 1. The summed E-state index contributed by atoms with van der Waals surface area (Å²) in [5, 5.41) is 0.838. The van der Waals surface area contributed by atoms with Crippen molar-refractivity contribution in [1.29, 1.82) is 0 Å². The monoisotopic (exact) mass is 297 g/mol. The summed E-state index contributed by atoms with van der Waals surface area (Å²) >= 11 is 7.97. The summed E-state index contributed by atoms with van der Waals surface area (Å²) in [6.07, 6.45) is 3.93. The van der Waals surface area contributed by atoms with Crippen LogP contribution in [0.2, 0.25) is 5.02 Å². The van der Waals surface area contributed by atoms with Crippen molar-refractivity contribution >= 4 is 23.4 Å². The quantitative estimate of drug-likeness (QED) is 0.805. The second-order valence-corrected chi connectivity index (χ2v) is 7.55. The third-order valence-electron chi connectivity index (χ3n) is 4.09. The molecular weight excluding hydrogens is 274 g/mol. The van der Waals surface area contributed by atoms with E-state index in [4.69, 9.17) is 17.3 Å². The topological polar surface area (TPSA) is 26.0 Å². The van der Waals surface area contributed by atoms with E-state index in [0.29, 0.717) is 5.92 Å². The second kappa shape index (κ2) is 7.01. The van der Waals surface area contributed by atoms with Gasteiger partial charge in [0, 0.05) is 16.7 Å². The lowest BCUT2D eigenvalue weighted by Crippen LogP contribution is -2.37. The number of thioether (sulfide) groups is 1. The van der Waals surface area contributed by atoms with Gasteiger partial charge in [-0.25, -0.2) is 0 Å². The summed E-state index contributed by atoms with van der Waals surface area (Å²) in [5.74, 6) is 3.29. The van der Waals surface area contributed by atoms with E-state index in [-0.39, 0.29) is 6.04 Å². The van der Waals surface area contributed by atoms with Crippen LogP contribution in [-0.4, -0.2) is 11.8 Å². The van der Waals surface area contributed by atoms with Crippen LogP contribution in [0.4, 0.5) is 0 Å². The Hall–Kier alpha value is -0.180. The molecule has 1 saturated carbocycles. The summed E-state index contributed by atoms with van der Waals surface area (Å²) in [6.45, 7) is 4.72. The van der Waals surface area contributed by atoms with E-state index in [1.165, 1.54) is 19.3 Å². The molecule has 0 bridgehead atoms. The van der Waals surface area contributed by atoms with Crippen molar-refractivity contribution in [3.05, 3.63) is 29.3 Å². The van der Waals surface area contributed by atoms with Gasteiger partial charge in [-0.1, -0.05) is 37.6 Å². The molecule has 1 aromatic rings. The fourth-order valence-electron chi connectivity index (χ4n) is 3.24. The van der Waals surface area contributed by atoms with Crippen LogP contribution in [0.15, 0.2) is 29.2 Å². The van der Waals surface area contributed by atoms with Gasteiger partial charge in [0.2, 0.25) is 0 Å². The third-order valence-corrected chi connectivity index (χ3v) is 5.75. The molecule has 2 rings (SSSR count). The SMILES string of the molecule is CC1CC(C)CC(C(N)CSc2ccccc2Cl)C1. The van der Waals surface area contributed by atoms with E-state index in [2.05, 4.69) is 19.9 Å². The molecule has 1 nitrogen and oxygen atoms in total. The Morgan fingerprint density at radius 1 is 1.21 bits per heavy atom. The summed E-state index contributed by atoms with van der Waals surface area (Å²) < 4.78 is 0. The predicted octanol–water partition coefficient (Wildman–Crippen LogP) is 4.83. The Labute approximate surface area is 126 Å². The lowest BCUT2D eigenvalue weighted by molar-refractivity contribution is 0.200. The smallest absolute Gasteiger partial charge is 0.0541 e. The number of rotatable bonds is 4. The molecule has 19 heavy (non-hydrogen) atoms. The minimum atomic E-state index is 0.284. The Morgan fingerprint density at radius 3 is 2.47 bits per heavy atom.